The molecular formula is C10H14ClN3O2. The largest absolute Gasteiger partial charge is 0.392 e. The van der Waals surface area contributed by atoms with Gasteiger partial charge in [0.05, 0.1) is 16.7 Å². The van der Waals surface area contributed by atoms with E-state index in [4.69, 9.17) is 22.4 Å². The maximum Gasteiger partial charge on any atom is 0.252 e. The Morgan fingerprint density at radius 2 is 2.44 bits per heavy atom. The molecule has 0 fully saturated rings. The highest BCUT2D eigenvalue weighted by molar-refractivity contribution is 6.33. The van der Waals surface area contributed by atoms with Crippen LogP contribution in [-0.2, 0) is 0 Å². The van der Waals surface area contributed by atoms with Gasteiger partial charge in [-0.1, -0.05) is 11.6 Å². The van der Waals surface area contributed by atoms with Crippen molar-refractivity contribution in [3.8, 4) is 0 Å². The molecule has 0 spiro atoms. The van der Waals surface area contributed by atoms with Crippen LogP contribution in [0.4, 0.5) is 0 Å². The Labute approximate surface area is 98.6 Å². The van der Waals surface area contributed by atoms with Crippen LogP contribution in [0.2, 0.25) is 5.02 Å². The van der Waals surface area contributed by atoms with Gasteiger partial charge in [0.25, 0.3) is 5.91 Å². The molecule has 2 atom stereocenters. The number of nitrogens with two attached hydrogens (primary N) is 1. The summed E-state index contributed by atoms with van der Waals surface area (Å²) in [6, 6.07) is 1.02. The molecule has 1 heterocycles. The van der Waals surface area contributed by atoms with Crippen LogP contribution >= 0.6 is 11.6 Å². The smallest absolute Gasteiger partial charge is 0.252 e. The fourth-order valence-electron chi connectivity index (χ4n) is 1.04. The molecule has 4 N–H and O–H groups in total. The minimum Gasteiger partial charge on any atom is -0.392 e. The number of hydrogen-bond acceptors (Lipinski definition) is 4. The van der Waals surface area contributed by atoms with Gasteiger partial charge in [-0.3, -0.25) is 9.78 Å². The first kappa shape index (κ1) is 12.9. The first-order valence-electron chi connectivity index (χ1n) is 4.83. The molecule has 0 aliphatic rings. The zero-order chi connectivity index (χ0) is 12.1. The Morgan fingerprint density at radius 3 is 3.00 bits per heavy atom. The number of hydrogen-bond donors (Lipinski definition) is 3. The van der Waals surface area contributed by atoms with Crippen LogP contribution in [0.15, 0.2) is 18.5 Å². The molecule has 5 nitrogen and oxygen atoms in total. The van der Waals surface area contributed by atoms with Crippen molar-refractivity contribution in [1.82, 2.24) is 10.3 Å². The second-order valence-corrected chi connectivity index (χ2v) is 3.88. The molecule has 0 aliphatic heterocycles. The standard InChI is InChI=1S/C10H14ClN3O2/c1-6(15)9(12)5-14-10(16)7-2-3-13-4-8(7)11/h2-4,6,9,15H,5,12H2,1H3,(H,14,16). The van der Waals surface area contributed by atoms with Crippen molar-refractivity contribution in [3.63, 3.8) is 0 Å². The summed E-state index contributed by atoms with van der Waals surface area (Å²) in [6.07, 6.45) is 2.20. The van der Waals surface area contributed by atoms with Crippen LogP contribution < -0.4 is 11.1 Å². The van der Waals surface area contributed by atoms with Crippen LogP contribution in [0.1, 0.15) is 17.3 Å². The highest BCUT2D eigenvalue weighted by Gasteiger charge is 2.13. The molecule has 2 unspecified atom stereocenters. The van der Waals surface area contributed by atoms with Crippen molar-refractivity contribution in [1.29, 1.82) is 0 Å². The Balaban J connectivity index is 2.57. The summed E-state index contributed by atoms with van der Waals surface area (Å²) in [5.74, 6) is -0.330. The Bertz CT molecular complexity index is 371. The average molecular weight is 244 g/mol. The van der Waals surface area contributed by atoms with Gasteiger partial charge >= 0.3 is 0 Å². The molecular weight excluding hydrogens is 230 g/mol. The van der Waals surface area contributed by atoms with Crippen molar-refractivity contribution in [2.45, 2.75) is 19.1 Å². The summed E-state index contributed by atoms with van der Waals surface area (Å²) in [6.45, 7) is 1.76. The molecule has 0 aliphatic carbocycles. The van der Waals surface area contributed by atoms with E-state index in [0.29, 0.717) is 5.56 Å². The molecule has 6 heteroatoms. The van der Waals surface area contributed by atoms with Gasteiger partial charge in [0.2, 0.25) is 0 Å². The maximum atomic E-state index is 11.6. The normalized spacial score (nSPS) is 14.2. The third-order valence-corrected chi connectivity index (χ3v) is 2.44. The lowest BCUT2D eigenvalue weighted by molar-refractivity contribution is 0.0937. The van der Waals surface area contributed by atoms with E-state index in [0.717, 1.165) is 0 Å². The number of pyridine rings is 1. The average Bonchev–Trinajstić information content (AvgIpc) is 2.25. The molecule has 1 aromatic heterocycles. The van der Waals surface area contributed by atoms with E-state index in [1.807, 2.05) is 0 Å². The number of carbonyl (C=O) groups excluding carboxylic acids is 1. The predicted octanol–water partition coefficient (Wildman–Crippen LogP) is 0.173. The monoisotopic (exact) mass is 243 g/mol. The molecule has 16 heavy (non-hydrogen) atoms. The summed E-state index contributed by atoms with van der Waals surface area (Å²) < 4.78 is 0. The van der Waals surface area contributed by atoms with Crippen molar-refractivity contribution < 1.29 is 9.90 Å². The maximum absolute atomic E-state index is 11.6. The lowest BCUT2D eigenvalue weighted by atomic mass is 10.2. The fraction of sp³-hybridized carbons (Fsp3) is 0.400. The van der Waals surface area contributed by atoms with Gasteiger partial charge in [-0.25, -0.2) is 0 Å². The van der Waals surface area contributed by atoms with Gasteiger partial charge in [0, 0.05) is 25.0 Å². The summed E-state index contributed by atoms with van der Waals surface area (Å²) in [4.78, 5) is 15.4. The SMILES string of the molecule is CC(O)C(N)CNC(=O)c1ccncc1Cl. The molecule has 0 aromatic carbocycles. The Kier molecular flexibility index (Phi) is 4.67. The number of aromatic nitrogens is 1. The van der Waals surface area contributed by atoms with Gasteiger partial charge in [0.15, 0.2) is 0 Å². The molecule has 0 saturated carbocycles. The fourth-order valence-corrected chi connectivity index (χ4v) is 1.24. The Morgan fingerprint density at radius 1 is 1.75 bits per heavy atom. The van der Waals surface area contributed by atoms with Crippen LogP contribution in [-0.4, -0.2) is 34.7 Å². The molecule has 1 rings (SSSR count). The van der Waals surface area contributed by atoms with Crippen molar-refractivity contribution in [2.75, 3.05) is 6.54 Å². The van der Waals surface area contributed by atoms with Crippen molar-refractivity contribution in [2.24, 2.45) is 5.73 Å². The lowest BCUT2D eigenvalue weighted by Gasteiger charge is -2.15. The number of rotatable bonds is 4. The molecule has 0 radical (unpaired) electrons. The third kappa shape index (κ3) is 3.44. The zero-order valence-electron chi connectivity index (χ0n) is 8.85. The summed E-state index contributed by atoms with van der Waals surface area (Å²) in [7, 11) is 0. The van der Waals surface area contributed by atoms with Gasteiger partial charge in [0.1, 0.15) is 0 Å². The van der Waals surface area contributed by atoms with Crippen LogP contribution in [0.5, 0.6) is 0 Å². The first-order valence-corrected chi connectivity index (χ1v) is 5.21. The number of halogens is 1. The van der Waals surface area contributed by atoms with Crippen molar-refractivity contribution >= 4 is 17.5 Å². The summed E-state index contributed by atoms with van der Waals surface area (Å²) >= 11 is 5.79. The van der Waals surface area contributed by atoms with Gasteiger partial charge in [-0.05, 0) is 13.0 Å². The molecule has 0 bridgehead atoms. The number of aliphatic hydroxyl groups is 1. The van der Waals surface area contributed by atoms with E-state index in [1.165, 1.54) is 18.5 Å². The topological polar surface area (TPSA) is 88.2 Å². The van der Waals surface area contributed by atoms with E-state index in [1.54, 1.807) is 6.92 Å². The lowest BCUT2D eigenvalue weighted by Crippen LogP contribution is -2.43. The highest BCUT2D eigenvalue weighted by Crippen LogP contribution is 2.12. The van der Waals surface area contributed by atoms with Crippen LogP contribution in [0, 0.1) is 0 Å². The Hall–Kier alpha value is -1.17. The van der Waals surface area contributed by atoms with Crippen LogP contribution in [0.3, 0.4) is 0 Å². The minimum absolute atomic E-state index is 0.190. The van der Waals surface area contributed by atoms with Gasteiger partial charge in [-0.15, -0.1) is 0 Å². The second kappa shape index (κ2) is 5.79. The van der Waals surface area contributed by atoms with E-state index in [-0.39, 0.29) is 17.5 Å². The van der Waals surface area contributed by atoms with Crippen molar-refractivity contribution in [3.05, 3.63) is 29.0 Å². The van der Waals surface area contributed by atoms with E-state index in [2.05, 4.69) is 10.3 Å². The summed E-state index contributed by atoms with van der Waals surface area (Å²) in [5, 5.41) is 12.0. The number of nitrogens with zero attached hydrogens (tertiary/aromatic N) is 1. The minimum atomic E-state index is -0.673. The second-order valence-electron chi connectivity index (χ2n) is 3.47. The molecule has 1 aromatic rings. The van der Waals surface area contributed by atoms with Crippen LogP contribution in [0.25, 0.3) is 0 Å². The quantitative estimate of drug-likeness (QED) is 0.704. The number of nitrogens with one attached hydrogen (secondary N) is 1. The third-order valence-electron chi connectivity index (χ3n) is 2.14. The first-order chi connectivity index (χ1) is 7.52. The predicted molar refractivity (Wildman–Crippen MR) is 61.2 cm³/mol. The molecule has 1 amide bonds. The van der Waals surface area contributed by atoms with E-state index in [9.17, 15) is 4.79 Å². The zero-order valence-corrected chi connectivity index (χ0v) is 9.61. The van der Waals surface area contributed by atoms with E-state index >= 15 is 0 Å². The molecule has 88 valence electrons. The van der Waals surface area contributed by atoms with Gasteiger partial charge in [-0.2, -0.15) is 0 Å². The highest BCUT2D eigenvalue weighted by atomic mass is 35.5. The number of carbonyl (C=O) groups is 1. The number of amides is 1. The van der Waals surface area contributed by atoms with E-state index < -0.39 is 12.1 Å². The number of aliphatic hydroxyl groups excluding tert-OH is 1. The summed E-state index contributed by atoms with van der Waals surface area (Å²) in [5.41, 5.74) is 5.91. The van der Waals surface area contributed by atoms with Gasteiger partial charge < -0.3 is 16.2 Å². The molecule has 0 saturated heterocycles.